The summed E-state index contributed by atoms with van der Waals surface area (Å²) in [5, 5.41) is 19.2. The molecule has 0 spiro atoms. The Labute approximate surface area is 142 Å². The summed E-state index contributed by atoms with van der Waals surface area (Å²) in [6.07, 6.45) is 14.1. The van der Waals surface area contributed by atoms with Crippen LogP contribution in [-0.4, -0.2) is 42.0 Å². The van der Waals surface area contributed by atoms with Crippen LogP contribution in [0.25, 0.3) is 0 Å². The van der Waals surface area contributed by atoms with Crippen molar-refractivity contribution in [3.8, 4) is 0 Å². The molecule has 0 aromatic rings. The number of nitrogens with two attached hydrogens (primary N) is 2. The van der Waals surface area contributed by atoms with Crippen LogP contribution in [-0.2, 0) is 4.79 Å². The number of aliphatic hydroxyl groups excluding tert-OH is 2. The lowest BCUT2D eigenvalue weighted by Crippen LogP contribution is -2.26. The Kier molecular flexibility index (Phi) is 21.7. The monoisotopic (exact) mass is 331 g/mol. The van der Waals surface area contributed by atoms with Crippen molar-refractivity contribution in [3.05, 3.63) is 24.3 Å². The van der Waals surface area contributed by atoms with E-state index in [2.05, 4.69) is 36.5 Å². The van der Waals surface area contributed by atoms with Crippen LogP contribution in [0.1, 0.15) is 53.3 Å². The molecule has 7 N–H and O–H groups in total. The van der Waals surface area contributed by atoms with Crippen molar-refractivity contribution >= 4 is 5.91 Å². The van der Waals surface area contributed by atoms with E-state index in [1.807, 2.05) is 0 Å². The number of nitrogens with one attached hydrogen (secondary N) is 1. The number of aliphatic hydroxyl groups is 2. The van der Waals surface area contributed by atoms with E-state index < -0.39 is 6.23 Å². The molecule has 0 saturated heterocycles. The molecule has 0 aromatic carbocycles. The van der Waals surface area contributed by atoms with Crippen LogP contribution in [0.2, 0.25) is 0 Å². The van der Waals surface area contributed by atoms with Gasteiger partial charge in [0.25, 0.3) is 0 Å². The summed E-state index contributed by atoms with van der Waals surface area (Å²) >= 11 is 0. The molecule has 1 unspecified atom stereocenters. The van der Waals surface area contributed by atoms with Crippen LogP contribution < -0.4 is 16.8 Å². The second-order valence-electron chi connectivity index (χ2n) is 5.11. The number of hydrogen-bond donors (Lipinski definition) is 5. The van der Waals surface area contributed by atoms with Gasteiger partial charge in [-0.3, -0.25) is 4.79 Å². The summed E-state index contributed by atoms with van der Waals surface area (Å²) in [5.74, 6) is 0.0911. The van der Waals surface area contributed by atoms with E-state index in [0.29, 0.717) is 25.9 Å². The molecule has 1 atom stereocenters. The first-order valence-corrected chi connectivity index (χ1v) is 8.41. The molecule has 1 aliphatic carbocycles. The zero-order chi connectivity index (χ0) is 17.8. The fourth-order valence-corrected chi connectivity index (χ4v) is 1.51. The van der Waals surface area contributed by atoms with Gasteiger partial charge in [0, 0.05) is 20.9 Å². The van der Waals surface area contributed by atoms with E-state index in [9.17, 15) is 4.79 Å². The third-order valence-electron chi connectivity index (χ3n) is 2.77. The van der Waals surface area contributed by atoms with E-state index in [-0.39, 0.29) is 13.9 Å². The SMILES string of the molecule is C1=CCCC=C1.CCCCC(=O)NCCCC(N)O.NCCO.[HH]. The number of carbonyl (C=O) groups excluding carboxylic acids is 1. The van der Waals surface area contributed by atoms with Gasteiger partial charge in [-0.25, -0.2) is 0 Å². The summed E-state index contributed by atoms with van der Waals surface area (Å²) in [6.45, 7) is 3.13. The smallest absolute Gasteiger partial charge is 0.219 e. The van der Waals surface area contributed by atoms with Crippen LogP contribution in [0.3, 0.4) is 0 Å². The minimum atomic E-state index is -0.757. The molecule has 0 aromatic heterocycles. The predicted molar refractivity (Wildman–Crippen MR) is 97.7 cm³/mol. The van der Waals surface area contributed by atoms with Crippen molar-refractivity contribution in [2.45, 2.75) is 58.1 Å². The molecule has 6 nitrogen and oxygen atoms in total. The molecule has 138 valence electrons. The fraction of sp³-hybridized carbons (Fsp3) is 0.706. The Morgan fingerprint density at radius 2 is 1.87 bits per heavy atom. The third kappa shape index (κ3) is 26.0. The predicted octanol–water partition coefficient (Wildman–Crippen LogP) is 1.43. The maximum Gasteiger partial charge on any atom is 0.219 e. The van der Waals surface area contributed by atoms with Crippen LogP contribution in [0.15, 0.2) is 24.3 Å². The minimum Gasteiger partial charge on any atom is -0.395 e. The van der Waals surface area contributed by atoms with Gasteiger partial charge < -0.3 is 27.0 Å². The average molecular weight is 332 g/mol. The number of amides is 1. The van der Waals surface area contributed by atoms with Crippen LogP contribution in [0, 0.1) is 0 Å². The van der Waals surface area contributed by atoms with Crippen molar-refractivity contribution < 1.29 is 16.4 Å². The third-order valence-corrected chi connectivity index (χ3v) is 2.77. The molecule has 6 heteroatoms. The molecule has 0 saturated carbocycles. The highest BCUT2D eigenvalue weighted by atomic mass is 16.3. The van der Waals surface area contributed by atoms with Crippen molar-refractivity contribution in [2.75, 3.05) is 19.7 Å². The molecule has 23 heavy (non-hydrogen) atoms. The normalized spacial score (nSPS) is 13.3. The van der Waals surface area contributed by atoms with Gasteiger partial charge in [-0.15, -0.1) is 0 Å². The Morgan fingerprint density at radius 3 is 2.22 bits per heavy atom. The molecule has 1 rings (SSSR count). The van der Waals surface area contributed by atoms with E-state index in [4.69, 9.17) is 21.7 Å². The van der Waals surface area contributed by atoms with Crippen LogP contribution in [0.4, 0.5) is 0 Å². The second-order valence-corrected chi connectivity index (χ2v) is 5.11. The first-order valence-electron chi connectivity index (χ1n) is 8.41. The molecule has 0 fully saturated rings. The fourth-order valence-electron chi connectivity index (χ4n) is 1.51. The Hall–Kier alpha value is -1.21. The number of unbranched alkanes of at least 4 members (excludes halogenated alkanes) is 1. The Bertz CT molecular complexity index is 297. The molecule has 1 aliphatic rings. The lowest BCUT2D eigenvalue weighted by atomic mass is 10.2. The molecule has 0 radical (unpaired) electrons. The maximum atomic E-state index is 11.0. The van der Waals surface area contributed by atoms with Gasteiger partial charge in [0.15, 0.2) is 0 Å². The van der Waals surface area contributed by atoms with Crippen molar-refractivity contribution in [1.82, 2.24) is 5.32 Å². The standard InChI is InChI=1S/C9H20N2O2.C6H8.C2H7NO.H2/c1-2-3-6-9(13)11-7-4-5-8(10)12;1-2-4-6-5-3-1;3-1-2-4;/h8,12H,2-7,10H2,1H3,(H,11,13);1-4H,5-6H2;4H,1-3H2;1H. The number of hydrogen-bond acceptors (Lipinski definition) is 5. The highest BCUT2D eigenvalue weighted by Gasteiger charge is 2.00. The molecular weight excluding hydrogens is 294 g/mol. The largest absolute Gasteiger partial charge is 0.395 e. The first kappa shape index (κ1) is 24.0. The lowest BCUT2D eigenvalue weighted by molar-refractivity contribution is -0.121. The van der Waals surface area contributed by atoms with E-state index in [0.717, 1.165) is 19.3 Å². The Balaban J connectivity index is -0.000000331. The zero-order valence-electron chi connectivity index (χ0n) is 14.4. The van der Waals surface area contributed by atoms with Crippen LogP contribution in [0.5, 0.6) is 0 Å². The number of allylic oxidation sites excluding steroid dienone is 4. The summed E-state index contributed by atoms with van der Waals surface area (Å²) < 4.78 is 0. The first-order chi connectivity index (χ1) is 11.1. The molecule has 0 heterocycles. The number of rotatable bonds is 8. The Morgan fingerprint density at radius 1 is 1.30 bits per heavy atom. The van der Waals surface area contributed by atoms with E-state index in [1.165, 1.54) is 12.8 Å². The summed E-state index contributed by atoms with van der Waals surface area (Å²) in [4.78, 5) is 11.0. The van der Waals surface area contributed by atoms with Gasteiger partial charge >= 0.3 is 0 Å². The van der Waals surface area contributed by atoms with Crippen molar-refractivity contribution in [1.29, 1.82) is 0 Å². The maximum absolute atomic E-state index is 11.0. The quantitative estimate of drug-likeness (QED) is 0.340. The molecule has 1 amide bonds. The van der Waals surface area contributed by atoms with Crippen LogP contribution >= 0.6 is 0 Å². The highest BCUT2D eigenvalue weighted by Crippen LogP contribution is 1.98. The second kappa shape index (κ2) is 20.8. The van der Waals surface area contributed by atoms with Gasteiger partial charge in [-0.1, -0.05) is 37.6 Å². The summed E-state index contributed by atoms with van der Waals surface area (Å²) in [5.41, 5.74) is 9.91. The van der Waals surface area contributed by atoms with Gasteiger partial charge in [-0.05, 0) is 32.1 Å². The lowest BCUT2D eigenvalue weighted by Gasteiger charge is -2.05. The van der Waals surface area contributed by atoms with Crippen molar-refractivity contribution in [2.24, 2.45) is 11.5 Å². The molecule has 0 aliphatic heterocycles. The summed E-state index contributed by atoms with van der Waals surface area (Å²) in [7, 11) is 0. The number of carbonyl (C=O) groups is 1. The van der Waals surface area contributed by atoms with E-state index in [1.54, 1.807) is 0 Å². The minimum absolute atomic E-state index is 0. The van der Waals surface area contributed by atoms with Gasteiger partial charge in [0.05, 0.1) is 6.61 Å². The zero-order valence-corrected chi connectivity index (χ0v) is 14.4. The summed E-state index contributed by atoms with van der Waals surface area (Å²) in [6, 6.07) is 0. The van der Waals surface area contributed by atoms with Gasteiger partial charge in [-0.2, -0.15) is 0 Å². The average Bonchev–Trinajstić information content (AvgIpc) is 2.59. The van der Waals surface area contributed by atoms with Crippen molar-refractivity contribution in [3.63, 3.8) is 0 Å². The van der Waals surface area contributed by atoms with Gasteiger partial charge in [0.2, 0.25) is 5.91 Å². The highest BCUT2D eigenvalue weighted by molar-refractivity contribution is 5.75. The topological polar surface area (TPSA) is 122 Å². The molecular formula is C17H37N3O3. The molecule has 0 bridgehead atoms. The van der Waals surface area contributed by atoms with E-state index >= 15 is 0 Å². The van der Waals surface area contributed by atoms with Gasteiger partial charge in [0.1, 0.15) is 6.23 Å².